The van der Waals surface area contributed by atoms with Crippen LogP contribution in [0.2, 0.25) is 0 Å². The minimum atomic E-state index is -0.543. The van der Waals surface area contributed by atoms with E-state index in [-0.39, 0.29) is 11.1 Å². The van der Waals surface area contributed by atoms with Gasteiger partial charge in [0.15, 0.2) is 0 Å². The quantitative estimate of drug-likeness (QED) is 0.538. The Morgan fingerprint density at radius 2 is 2.04 bits per heavy atom. The van der Waals surface area contributed by atoms with Gasteiger partial charge in [-0.25, -0.2) is 4.79 Å². The summed E-state index contributed by atoms with van der Waals surface area (Å²) in [5.41, 5.74) is 2.22. The largest absolute Gasteiger partial charge is 0.465 e. The first kappa shape index (κ1) is 16.3. The number of carbonyl (C=O) groups is 1. The molecular formula is C17H16ClN3O3. The number of halogens is 1. The van der Waals surface area contributed by atoms with Gasteiger partial charge in [0.25, 0.3) is 5.56 Å². The van der Waals surface area contributed by atoms with Crippen molar-refractivity contribution in [2.24, 2.45) is 0 Å². The molecule has 24 heavy (non-hydrogen) atoms. The van der Waals surface area contributed by atoms with E-state index in [0.29, 0.717) is 29.4 Å². The lowest BCUT2D eigenvalue weighted by molar-refractivity contribution is 0.0600. The van der Waals surface area contributed by atoms with Crippen molar-refractivity contribution >= 4 is 17.6 Å². The number of methoxy groups -OCH3 is 1. The third-order valence-corrected chi connectivity index (χ3v) is 3.98. The molecular weight excluding hydrogens is 330 g/mol. The van der Waals surface area contributed by atoms with Crippen LogP contribution >= 0.6 is 11.6 Å². The minimum Gasteiger partial charge on any atom is -0.465 e. The average Bonchev–Trinajstić information content (AvgIpc) is 2.91. The number of carbonyl (C=O) groups excluding carboxylic acids is 1. The third-order valence-electron chi connectivity index (χ3n) is 3.81. The monoisotopic (exact) mass is 345 g/mol. The van der Waals surface area contributed by atoms with E-state index < -0.39 is 5.97 Å². The number of hydrogen-bond donors (Lipinski definition) is 0. The number of alkyl halides is 1. The summed E-state index contributed by atoms with van der Waals surface area (Å²) in [6.07, 6.45) is 3.26. The fourth-order valence-corrected chi connectivity index (χ4v) is 2.81. The molecule has 0 spiro atoms. The van der Waals surface area contributed by atoms with Crippen molar-refractivity contribution in [3.8, 4) is 16.9 Å². The lowest BCUT2D eigenvalue weighted by atomic mass is 10.1. The Bertz CT molecular complexity index is 929. The fourth-order valence-electron chi connectivity index (χ4n) is 2.61. The number of rotatable bonds is 4. The van der Waals surface area contributed by atoms with Gasteiger partial charge in [0.2, 0.25) is 0 Å². The highest BCUT2D eigenvalue weighted by molar-refractivity contribution is 6.17. The van der Waals surface area contributed by atoms with Crippen LogP contribution in [0.15, 0.2) is 41.5 Å². The molecule has 3 rings (SSSR count). The molecule has 0 N–H and O–H groups in total. The zero-order valence-corrected chi connectivity index (χ0v) is 14.1. The van der Waals surface area contributed by atoms with E-state index in [1.54, 1.807) is 17.0 Å². The van der Waals surface area contributed by atoms with E-state index in [9.17, 15) is 9.59 Å². The summed E-state index contributed by atoms with van der Waals surface area (Å²) < 4.78 is 7.84. The van der Waals surface area contributed by atoms with Gasteiger partial charge in [0.05, 0.1) is 18.4 Å². The summed E-state index contributed by atoms with van der Waals surface area (Å²) in [5, 5.41) is 4.37. The zero-order valence-electron chi connectivity index (χ0n) is 13.3. The molecule has 0 radical (unpaired) electrons. The zero-order chi connectivity index (χ0) is 17.3. The van der Waals surface area contributed by atoms with Crippen LogP contribution in [0, 0.1) is 6.92 Å². The number of aryl methyl sites for hydroxylation is 2. The summed E-state index contributed by atoms with van der Waals surface area (Å²) >= 11 is 5.78. The summed E-state index contributed by atoms with van der Waals surface area (Å²) in [6, 6.07) is 7.44. The van der Waals surface area contributed by atoms with Gasteiger partial charge in [-0.1, -0.05) is 18.2 Å². The number of fused-ring (bicyclic) bond motifs is 1. The smallest absolute Gasteiger partial charge is 0.341 e. The van der Waals surface area contributed by atoms with Crippen LogP contribution in [0.25, 0.3) is 16.9 Å². The standard InChI is InChI=1S/C17H16ClN3O3/c1-11-5-3-4-6-14(11)21-16(22)12-9-20(8-7-18)10-13(15(12)19-21)17(23)24-2/h3-6,9-10H,7-8H2,1-2H3. The predicted molar refractivity (Wildman–Crippen MR) is 91.2 cm³/mol. The lowest BCUT2D eigenvalue weighted by Crippen LogP contribution is -2.16. The number of aromatic nitrogens is 3. The SMILES string of the molecule is COC(=O)c1cn(CCCl)cc2c(=O)n(-c3ccccc3C)nc1-2. The number of benzene rings is 1. The number of hydrogen-bond acceptors (Lipinski definition) is 4. The van der Waals surface area contributed by atoms with Crippen LogP contribution in [0.1, 0.15) is 15.9 Å². The van der Waals surface area contributed by atoms with Crippen LogP contribution in [0.5, 0.6) is 0 Å². The van der Waals surface area contributed by atoms with E-state index in [4.69, 9.17) is 16.3 Å². The molecule has 6 nitrogen and oxygen atoms in total. The molecule has 0 amide bonds. The van der Waals surface area contributed by atoms with Gasteiger partial charge in [-0.2, -0.15) is 9.78 Å². The number of nitrogens with zero attached hydrogens (tertiary/aromatic N) is 3. The second-order valence-corrected chi connectivity index (χ2v) is 5.73. The predicted octanol–water partition coefficient (Wildman–Crippen LogP) is 2.47. The van der Waals surface area contributed by atoms with Crippen LogP contribution in [-0.4, -0.2) is 33.3 Å². The van der Waals surface area contributed by atoms with Gasteiger partial charge in [-0.05, 0) is 18.6 Å². The van der Waals surface area contributed by atoms with E-state index in [1.807, 2.05) is 31.2 Å². The van der Waals surface area contributed by atoms with Crippen LogP contribution in [0.4, 0.5) is 0 Å². The average molecular weight is 346 g/mol. The van der Waals surface area contributed by atoms with Gasteiger partial charge < -0.3 is 9.30 Å². The minimum absolute atomic E-state index is 0.240. The lowest BCUT2D eigenvalue weighted by Gasteiger charge is -2.09. The second-order valence-electron chi connectivity index (χ2n) is 5.36. The maximum atomic E-state index is 12.8. The molecule has 0 bridgehead atoms. The summed E-state index contributed by atoms with van der Waals surface area (Å²) in [5.74, 6) is -0.185. The molecule has 1 aromatic carbocycles. The molecule has 0 unspecified atom stereocenters. The topological polar surface area (TPSA) is 66.1 Å². The Hall–Kier alpha value is -2.60. The fraction of sp³-hybridized carbons (Fsp3) is 0.235. The highest BCUT2D eigenvalue weighted by Crippen LogP contribution is 2.23. The van der Waals surface area contributed by atoms with Gasteiger partial charge in [0.1, 0.15) is 11.3 Å². The molecule has 124 valence electrons. The molecule has 0 fully saturated rings. The van der Waals surface area contributed by atoms with E-state index in [1.165, 1.54) is 11.8 Å². The van der Waals surface area contributed by atoms with Crippen LogP contribution in [0.3, 0.4) is 0 Å². The van der Waals surface area contributed by atoms with Crippen molar-refractivity contribution in [1.29, 1.82) is 0 Å². The van der Waals surface area contributed by atoms with Gasteiger partial charge in [-0.3, -0.25) is 4.79 Å². The second kappa shape index (κ2) is 6.49. The molecule has 0 saturated heterocycles. The van der Waals surface area contributed by atoms with E-state index >= 15 is 0 Å². The first-order valence-corrected chi connectivity index (χ1v) is 7.93. The molecule has 2 aliphatic heterocycles. The Labute approximate surface area is 143 Å². The Morgan fingerprint density at radius 3 is 2.71 bits per heavy atom. The normalized spacial score (nSPS) is 11.0. The summed E-state index contributed by atoms with van der Waals surface area (Å²) in [6.45, 7) is 2.37. The summed E-state index contributed by atoms with van der Waals surface area (Å²) in [7, 11) is 1.30. The summed E-state index contributed by atoms with van der Waals surface area (Å²) in [4.78, 5) is 24.9. The Morgan fingerprint density at radius 1 is 1.29 bits per heavy atom. The van der Waals surface area contributed by atoms with Gasteiger partial charge in [-0.15, -0.1) is 11.6 Å². The molecule has 0 saturated carbocycles. The molecule has 0 aliphatic carbocycles. The van der Waals surface area contributed by atoms with E-state index in [0.717, 1.165) is 5.56 Å². The number of ether oxygens (including phenoxy) is 1. The van der Waals surface area contributed by atoms with Crippen molar-refractivity contribution < 1.29 is 9.53 Å². The number of esters is 1. The first-order valence-electron chi connectivity index (χ1n) is 7.40. The first-order chi connectivity index (χ1) is 11.6. The molecule has 2 aliphatic rings. The highest BCUT2D eigenvalue weighted by Gasteiger charge is 2.25. The molecule has 7 heteroatoms. The van der Waals surface area contributed by atoms with Crippen molar-refractivity contribution in [3.63, 3.8) is 0 Å². The van der Waals surface area contributed by atoms with Crippen LogP contribution < -0.4 is 5.56 Å². The maximum Gasteiger partial charge on any atom is 0.341 e. The molecule has 1 aromatic rings. The Balaban J connectivity index is 2.30. The maximum absolute atomic E-state index is 12.8. The molecule has 0 aromatic heterocycles. The van der Waals surface area contributed by atoms with Gasteiger partial charge >= 0.3 is 5.97 Å². The van der Waals surface area contributed by atoms with Crippen LogP contribution in [-0.2, 0) is 11.3 Å². The number of para-hydroxylation sites is 1. The van der Waals surface area contributed by atoms with Crippen molar-refractivity contribution in [2.45, 2.75) is 13.5 Å². The van der Waals surface area contributed by atoms with E-state index in [2.05, 4.69) is 5.10 Å². The highest BCUT2D eigenvalue weighted by atomic mass is 35.5. The van der Waals surface area contributed by atoms with Crippen molar-refractivity contribution in [2.75, 3.05) is 13.0 Å². The van der Waals surface area contributed by atoms with Crippen molar-refractivity contribution in [1.82, 2.24) is 14.3 Å². The van der Waals surface area contributed by atoms with Crippen molar-refractivity contribution in [3.05, 3.63) is 58.1 Å². The third kappa shape index (κ3) is 2.69. The molecule has 0 atom stereocenters. The number of pyridine rings is 1. The molecule has 2 heterocycles. The Kier molecular flexibility index (Phi) is 4.40. The van der Waals surface area contributed by atoms with Gasteiger partial charge in [0, 0.05) is 24.8 Å².